The highest BCUT2D eigenvalue weighted by atomic mass is 35.5. The van der Waals surface area contributed by atoms with Crippen LogP contribution in [0, 0.1) is 20.2 Å². The normalized spacial score (nSPS) is 11.2. The summed E-state index contributed by atoms with van der Waals surface area (Å²) < 4.78 is 35.2. The summed E-state index contributed by atoms with van der Waals surface area (Å²) in [4.78, 5) is 32.2. The number of rotatable bonds is 8. The monoisotopic (exact) mass is 531 g/mol. The minimum atomic E-state index is -4.37. The van der Waals surface area contributed by atoms with Crippen molar-refractivity contribution in [3.8, 4) is 5.75 Å². The van der Waals surface area contributed by atoms with Crippen molar-refractivity contribution in [2.75, 3.05) is 5.32 Å². The number of non-ortho nitro benzene ring substituents is 1. The van der Waals surface area contributed by atoms with Crippen LogP contribution in [-0.4, -0.2) is 18.3 Å². The van der Waals surface area contributed by atoms with Crippen LogP contribution in [-0.2, 0) is 16.7 Å². The third kappa shape index (κ3) is 5.26. The topological polar surface area (TPSA) is 172 Å². The first-order valence-corrected chi connectivity index (χ1v) is 11.8. The lowest BCUT2D eigenvalue weighted by Gasteiger charge is -2.10. The van der Waals surface area contributed by atoms with Gasteiger partial charge in [-0.2, -0.15) is 8.42 Å². The first kappa shape index (κ1) is 24.6. The van der Waals surface area contributed by atoms with Crippen LogP contribution in [0.5, 0.6) is 5.75 Å². The van der Waals surface area contributed by atoms with Crippen molar-refractivity contribution >= 4 is 49.8 Å². The van der Waals surface area contributed by atoms with E-state index in [0.29, 0.717) is 16.6 Å². The molecule has 0 atom stereocenters. The Labute approximate surface area is 207 Å². The van der Waals surface area contributed by atoms with Crippen molar-refractivity contribution in [3.63, 3.8) is 0 Å². The molecule has 0 aliphatic rings. The van der Waals surface area contributed by atoms with E-state index in [4.69, 9.17) is 20.2 Å². The van der Waals surface area contributed by atoms with E-state index >= 15 is 0 Å². The second-order valence-electron chi connectivity index (χ2n) is 7.32. The van der Waals surface area contributed by atoms with Gasteiger partial charge in [-0.1, -0.05) is 23.7 Å². The highest BCUT2D eigenvalue weighted by molar-refractivity contribution is 7.87. The van der Waals surface area contributed by atoms with Crippen molar-refractivity contribution in [2.45, 2.75) is 11.4 Å². The minimum absolute atomic E-state index is 0.0437. The van der Waals surface area contributed by atoms with Gasteiger partial charge in [-0.15, -0.1) is 0 Å². The number of nitro benzene ring substituents is 2. The second-order valence-corrected chi connectivity index (χ2v) is 9.28. The van der Waals surface area contributed by atoms with Crippen molar-refractivity contribution < 1.29 is 26.9 Å². The van der Waals surface area contributed by atoms with Gasteiger partial charge in [0.15, 0.2) is 0 Å². The van der Waals surface area contributed by atoms with Crippen LogP contribution in [0.3, 0.4) is 0 Å². The molecule has 0 amide bonds. The van der Waals surface area contributed by atoms with Crippen LogP contribution in [0.2, 0.25) is 5.02 Å². The number of nitrogens with zero attached hydrogens (tertiary/aromatic N) is 2. The first-order valence-electron chi connectivity index (χ1n) is 9.97. The molecule has 0 aliphatic heterocycles. The lowest BCUT2D eigenvalue weighted by atomic mass is 10.1. The zero-order chi connectivity index (χ0) is 26.0. The molecular weight excluding hydrogens is 518 g/mol. The third-order valence-electron chi connectivity index (χ3n) is 4.95. The van der Waals surface area contributed by atoms with Crippen LogP contribution in [0.15, 0.2) is 80.8 Å². The van der Waals surface area contributed by atoms with Crippen molar-refractivity contribution in [1.82, 2.24) is 0 Å². The molecule has 4 rings (SSSR count). The molecule has 0 bridgehead atoms. The average molecular weight is 532 g/mol. The van der Waals surface area contributed by atoms with Crippen LogP contribution < -0.4 is 15.1 Å². The smallest absolute Gasteiger partial charge is 0.339 e. The van der Waals surface area contributed by atoms with Gasteiger partial charge in [-0.3, -0.25) is 20.2 Å². The van der Waals surface area contributed by atoms with Gasteiger partial charge >= 0.3 is 15.7 Å². The average Bonchev–Trinajstić information content (AvgIpc) is 2.82. The van der Waals surface area contributed by atoms with Crippen LogP contribution in [0.4, 0.5) is 17.1 Å². The SMILES string of the molecule is O=c1cc(NCc2ccc(OS(=O)(=O)c3ccc(Cl)c([N+](=O)[O-])c3)cc2)c2cc([N+](=O)[O-])ccc2o1. The van der Waals surface area contributed by atoms with E-state index in [1.807, 2.05) is 0 Å². The number of hydrogen-bond donors (Lipinski definition) is 1. The molecule has 12 nitrogen and oxygen atoms in total. The highest BCUT2D eigenvalue weighted by Gasteiger charge is 2.22. The molecule has 1 N–H and O–H groups in total. The maximum Gasteiger partial charge on any atom is 0.339 e. The number of halogens is 1. The van der Waals surface area contributed by atoms with Crippen molar-refractivity contribution in [2.24, 2.45) is 0 Å². The molecule has 1 heterocycles. The minimum Gasteiger partial charge on any atom is -0.423 e. The molecule has 36 heavy (non-hydrogen) atoms. The largest absolute Gasteiger partial charge is 0.423 e. The fourth-order valence-electron chi connectivity index (χ4n) is 3.23. The standard InChI is InChI=1S/C22H14ClN3O9S/c23-18-7-6-16(10-20(18)26(30)31)36(32,33)35-15-4-1-13(2-5-15)12-24-19-11-22(27)34-21-8-3-14(25(28)29)9-17(19)21/h1-11,24H,12H2. The molecule has 1 aromatic heterocycles. The molecule has 3 aromatic carbocycles. The number of benzene rings is 3. The maximum absolute atomic E-state index is 12.5. The zero-order valence-corrected chi connectivity index (χ0v) is 19.5. The van der Waals surface area contributed by atoms with E-state index in [-0.39, 0.29) is 28.6 Å². The van der Waals surface area contributed by atoms with Gasteiger partial charge in [-0.25, -0.2) is 4.79 Å². The Morgan fingerprint density at radius 1 is 0.944 bits per heavy atom. The Kier molecular flexibility index (Phi) is 6.59. The molecule has 0 radical (unpaired) electrons. The fraction of sp³-hybridized carbons (Fsp3) is 0.0455. The van der Waals surface area contributed by atoms with Gasteiger partial charge < -0.3 is 13.9 Å². The van der Waals surface area contributed by atoms with Crippen LogP contribution >= 0.6 is 11.6 Å². The summed E-state index contributed by atoms with van der Waals surface area (Å²) in [5, 5.41) is 25.2. The van der Waals surface area contributed by atoms with Crippen LogP contribution in [0.1, 0.15) is 5.56 Å². The van der Waals surface area contributed by atoms with E-state index in [1.165, 1.54) is 36.4 Å². The molecule has 0 spiro atoms. The lowest BCUT2D eigenvalue weighted by Crippen LogP contribution is -2.10. The van der Waals surface area contributed by atoms with Gasteiger partial charge in [0.2, 0.25) is 0 Å². The summed E-state index contributed by atoms with van der Waals surface area (Å²) in [6.45, 7) is 0.178. The first-order chi connectivity index (χ1) is 17.0. The van der Waals surface area contributed by atoms with Gasteiger partial charge in [0.1, 0.15) is 21.3 Å². The summed E-state index contributed by atoms with van der Waals surface area (Å²) in [6, 6.07) is 13.9. The van der Waals surface area contributed by atoms with E-state index in [1.54, 1.807) is 12.1 Å². The molecule has 0 fully saturated rings. The fourth-order valence-corrected chi connectivity index (χ4v) is 4.37. The molecule has 0 aliphatic carbocycles. The third-order valence-corrected chi connectivity index (χ3v) is 6.51. The number of anilines is 1. The predicted molar refractivity (Wildman–Crippen MR) is 129 cm³/mol. The summed E-state index contributed by atoms with van der Waals surface area (Å²) in [7, 11) is -4.37. The Morgan fingerprint density at radius 2 is 1.67 bits per heavy atom. The quantitative estimate of drug-likeness (QED) is 0.146. The van der Waals surface area contributed by atoms with Gasteiger partial charge in [-0.05, 0) is 35.9 Å². The van der Waals surface area contributed by atoms with E-state index in [0.717, 1.165) is 18.2 Å². The van der Waals surface area contributed by atoms with Crippen LogP contribution in [0.25, 0.3) is 11.0 Å². The Hall–Kier alpha value is -4.49. The van der Waals surface area contributed by atoms with Crippen molar-refractivity contribution in [1.29, 1.82) is 0 Å². The molecule has 0 saturated carbocycles. The van der Waals surface area contributed by atoms with Gasteiger partial charge in [0, 0.05) is 36.2 Å². The molecular formula is C22H14ClN3O9S. The Bertz CT molecular complexity index is 1670. The maximum atomic E-state index is 12.5. The van der Waals surface area contributed by atoms with E-state index in [9.17, 15) is 33.4 Å². The summed E-state index contributed by atoms with van der Waals surface area (Å²) in [5.74, 6) is -0.0437. The number of hydrogen-bond acceptors (Lipinski definition) is 10. The van der Waals surface area contributed by atoms with E-state index < -0.39 is 36.2 Å². The molecule has 14 heteroatoms. The predicted octanol–water partition coefficient (Wildman–Crippen LogP) is 4.64. The van der Waals surface area contributed by atoms with E-state index in [2.05, 4.69) is 5.32 Å². The number of nitrogens with one attached hydrogen (secondary N) is 1. The number of nitro groups is 2. The second kappa shape index (κ2) is 9.64. The Balaban J connectivity index is 1.51. The molecule has 184 valence electrons. The summed E-state index contributed by atoms with van der Waals surface area (Å²) in [6.07, 6.45) is 0. The lowest BCUT2D eigenvalue weighted by molar-refractivity contribution is -0.385. The zero-order valence-electron chi connectivity index (χ0n) is 17.9. The van der Waals surface area contributed by atoms with Crippen molar-refractivity contribution in [3.05, 3.63) is 108 Å². The molecule has 0 unspecified atom stereocenters. The number of fused-ring (bicyclic) bond motifs is 1. The molecule has 4 aromatic rings. The summed E-state index contributed by atoms with van der Waals surface area (Å²) >= 11 is 5.72. The Morgan fingerprint density at radius 3 is 2.33 bits per heavy atom. The van der Waals surface area contributed by atoms with Gasteiger partial charge in [0.05, 0.1) is 15.5 Å². The molecule has 0 saturated heterocycles. The summed E-state index contributed by atoms with van der Waals surface area (Å²) in [5.41, 5.74) is -0.239. The van der Waals surface area contributed by atoms with Gasteiger partial charge in [0.25, 0.3) is 11.4 Å². The highest BCUT2D eigenvalue weighted by Crippen LogP contribution is 2.29.